The first-order chi connectivity index (χ1) is 9.10. The molecule has 2 aromatic rings. The molecular formula is C13H13FN2O2S. The van der Waals surface area contributed by atoms with Gasteiger partial charge in [0.25, 0.3) is 5.56 Å². The van der Waals surface area contributed by atoms with Crippen molar-refractivity contribution in [1.82, 2.24) is 9.97 Å². The van der Waals surface area contributed by atoms with Gasteiger partial charge in [-0.1, -0.05) is 6.92 Å². The lowest BCUT2D eigenvalue weighted by Crippen LogP contribution is -2.15. The Morgan fingerprint density at radius 2 is 2.05 bits per heavy atom. The number of halogens is 1. The van der Waals surface area contributed by atoms with Gasteiger partial charge in [0, 0.05) is 4.90 Å². The molecule has 0 spiro atoms. The minimum atomic E-state index is -0.315. The molecule has 0 aliphatic carbocycles. The van der Waals surface area contributed by atoms with Gasteiger partial charge in [0.2, 0.25) is 5.88 Å². The zero-order chi connectivity index (χ0) is 13.8. The highest BCUT2D eigenvalue weighted by Crippen LogP contribution is 2.22. The molecule has 6 heteroatoms. The largest absolute Gasteiger partial charge is 0.493 e. The zero-order valence-corrected chi connectivity index (χ0v) is 11.1. The van der Waals surface area contributed by atoms with Crippen molar-refractivity contribution in [2.24, 2.45) is 0 Å². The Hall–Kier alpha value is -1.82. The van der Waals surface area contributed by atoms with E-state index in [1.807, 2.05) is 0 Å². The molecule has 0 aliphatic heterocycles. The summed E-state index contributed by atoms with van der Waals surface area (Å²) in [7, 11) is 0. The second-order valence-electron chi connectivity index (χ2n) is 3.91. The molecule has 1 heterocycles. The molecule has 1 aromatic heterocycles. The van der Waals surface area contributed by atoms with Crippen molar-refractivity contribution >= 4 is 11.8 Å². The second-order valence-corrected chi connectivity index (χ2v) is 4.96. The second kappa shape index (κ2) is 5.88. The topological polar surface area (TPSA) is 66.0 Å². The van der Waals surface area contributed by atoms with Crippen LogP contribution in [0.2, 0.25) is 0 Å². The molecule has 1 aromatic carbocycles. The van der Waals surface area contributed by atoms with Gasteiger partial charge >= 0.3 is 0 Å². The van der Waals surface area contributed by atoms with Crippen LogP contribution in [0.25, 0.3) is 0 Å². The van der Waals surface area contributed by atoms with Crippen LogP contribution in [0.5, 0.6) is 5.88 Å². The molecule has 0 saturated carbocycles. The number of rotatable bonds is 4. The molecule has 0 atom stereocenters. The Bertz CT molecular complexity index is 626. The summed E-state index contributed by atoms with van der Waals surface area (Å²) in [6, 6.07) is 6.04. The maximum atomic E-state index is 12.7. The minimum absolute atomic E-state index is 0.221. The standard InChI is InChI=1S/C13H13FN2O2S/c1-2-10-12(17)15-11(16-13(10)18)7-19-9-5-3-8(14)4-6-9/h3-6H,2,7H2,1H3,(H2,15,16,17,18). The Morgan fingerprint density at radius 1 is 1.37 bits per heavy atom. The van der Waals surface area contributed by atoms with Crippen LogP contribution in [0, 0.1) is 5.82 Å². The molecule has 0 saturated heterocycles. The van der Waals surface area contributed by atoms with Crippen LogP contribution in [0.4, 0.5) is 4.39 Å². The summed E-state index contributed by atoms with van der Waals surface area (Å²) < 4.78 is 12.7. The Morgan fingerprint density at radius 3 is 2.63 bits per heavy atom. The highest BCUT2D eigenvalue weighted by atomic mass is 32.2. The maximum Gasteiger partial charge on any atom is 0.257 e. The monoisotopic (exact) mass is 280 g/mol. The third-order valence-electron chi connectivity index (χ3n) is 2.59. The molecule has 2 N–H and O–H groups in total. The van der Waals surface area contributed by atoms with E-state index in [9.17, 15) is 14.3 Å². The summed E-state index contributed by atoms with van der Waals surface area (Å²) in [5, 5.41) is 9.62. The number of aromatic hydroxyl groups is 1. The smallest absolute Gasteiger partial charge is 0.257 e. The van der Waals surface area contributed by atoms with Crippen LogP contribution < -0.4 is 5.56 Å². The number of aromatic nitrogens is 2. The summed E-state index contributed by atoms with van der Waals surface area (Å²) in [5.41, 5.74) is -0.0276. The number of thioether (sulfide) groups is 1. The van der Waals surface area contributed by atoms with E-state index in [4.69, 9.17) is 0 Å². The third-order valence-corrected chi connectivity index (χ3v) is 3.61. The van der Waals surface area contributed by atoms with Crippen LogP contribution in [-0.2, 0) is 12.2 Å². The molecule has 0 amide bonds. The number of hydrogen-bond acceptors (Lipinski definition) is 4. The number of H-pyrrole nitrogens is 1. The lowest BCUT2D eigenvalue weighted by atomic mass is 10.2. The van der Waals surface area contributed by atoms with E-state index in [2.05, 4.69) is 9.97 Å². The highest BCUT2D eigenvalue weighted by molar-refractivity contribution is 7.98. The maximum absolute atomic E-state index is 12.7. The van der Waals surface area contributed by atoms with Crippen LogP contribution in [0.15, 0.2) is 34.0 Å². The van der Waals surface area contributed by atoms with Gasteiger partial charge in [0.15, 0.2) is 0 Å². The molecule has 0 bridgehead atoms. The van der Waals surface area contributed by atoms with E-state index in [0.29, 0.717) is 18.0 Å². The number of nitrogens with one attached hydrogen (secondary N) is 1. The first-order valence-electron chi connectivity index (χ1n) is 5.79. The predicted octanol–water partition coefficient (Wildman–Crippen LogP) is 2.47. The lowest BCUT2D eigenvalue weighted by Gasteiger charge is -2.04. The Labute approximate surface area is 113 Å². The SMILES string of the molecule is CCc1c(O)nc(CSc2ccc(F)cc2)[nH]c1=O. The fraction of sp³-hybridized carbons (Fsp3) is 0.231. The minimum Gasteiger partial charge on any atom is -0.493 e. The van der Waals surface area contributed by atoms with E-state index in [-0.39, 0.29) is 22.8 Å². The van der Waals surface area contributed by atoms with Crippen LogP contribution in [0.3, 0.4) is 0 Å². The van der Waals surface area contributed by atoms with Gasteiger partial charge in [-0.05, 0) is 30.7 Å². The molecule has 4 nitrogen and oxygen atoms in total. The quantitative estimate of drug-likeness (QED) is 0.844. The summed E-state index contributed by atoms with van der Waals surface area (Å²) in [4.78, 5) is 19.1. The van der Waals surface area contributed by atoms with Gasteiger partial charge in [-0.25, -0.2) is 4.39 Å². The molecule has 0 fully saturated rings. The zero-order valence-electron chi connectivity index (χ0n) is 10.3. The van der Waals surface area contributed by atoms with Crippen molar-refractivity contribution in [2.45, 2.75) is 24.0 Å². The van der Waals surface area contributed by atoms with Crippen molar-refractivity contribution in [3.8, 4) is 5.88 Å². The Balaban J connectivity index is 2.12. The van der Waals surface area contributed by atoms with Crippen LogP contribution in [-0.4, -0.2) is 15.1 Å². The van der Waals surface area contributed by atoms with Crippen molar-refractivity contribution in [1.29, 1.82) is 0 Å². The molecule has 0 unspecified atom stereocenters. The van der Waals surface area contributed by atoms with Crippen molar-refractivity contribution < 1.29 is 9.50 Å². The van der Waals surface area contributed by atoms with Crippen LogP contribution >= 0.6 is 11.8 Å². The third kappa shape index (κ3) is 3.35. The van der Waals surface area contributed by atoms with Gasteiger partial charge in [0.1, 0.15) is 11.6 Å². The number of hydrogen-bond donors (Lipinski definition) is 2. The number of nitrogens with zero attached hydrogens (tertiary/aromatic N) is 1. The lowest BCUT2D eigenvalue weighted by molar-refractivity contribution is 0.441. The Kier molecular flexibility index (Phi) is 4.21. The molecular weight excluding hydrogens is 267 g/mol. The number of benzene rings is 1. The fourth-order valence-corrected chi connectivity index (χ4v) is 2.37. The van der Waals surface area contributed by atoms with E-state index in [1.54, 1.807) is 19.1 Å². The predicted molar refractivity (Wildman–Crippen MR) is 71.9 cm³/mol. The van der Waals surface area contributed by atoms with Gasteiger partial charge < -0.3 is 10.1 Å². The summed E-state index contributed by atoms with van der Waals surface area (Å²) >= 11 is 1.40. The average Bonchev–Trinajstić information content (AvgIpc) is 2.38. The van der Waals surface area contributed by atoms with Gasteiger partial charge in [-0.2, -0.15) is 4.98 Å². The van der Waals surface area contributed by atoms with E-state index in [1.165, 1.54) is 23.9 Å². The normalized spacial score (nSPS) is 10.6. The molecule has 100 valence electrons. The fourth-order valence-electron chi connectivity index (χ4n) is 1.60. The summed E-state index contributed by atoms with van der Waals surface area (Å²) in [6.45, 7) is 1.78. The summed E-state index contributed by atoms with van der Waals surface area (Å²) in [6.07, 6.45) is 0.430. The molecule has 0 aliphatic rings. The van der Waals surface area contributed by atoms with Gasteiger partial charge in [-0.3, -0.25) is 4.79 Å². The van der Waals surface area contributed by atoms with Gasteiger partial charge in [-0.15, -0.1) is 11.8 Å². The molecule has 0 radical (unpaired) electrons. The van der Waals surface area contributed by atoms with E-state index < -0.39 is 0 Å². The first kappa shape index (κ1) is 13.6. The number of aromatic amines is 1. The van der Waals surface area contributed by atoms with Crippen molar-refractivity contribution in [3.05, 3.63) is 51.8 Å². The highest BCUT2D eigenvalue weighted by Gasteiger charge is 2.08. The van der Waals surface area contributed by atoms with E-state index >= 15 is 0 Å². The van der Waals surface area contributed by atoms with Gasteiger partial charge in [0.05, 0.1) is 11.3 Å². The van der Waals surface area contributed by atoms with Crippen molar-refractivity contribution in [3.63, 3.8) is 0 Å². The van der Waals surface area contributed by atoms with Crippen molar-refractivity contribution in [2.75, 3.05) is 0 Å². The van der Waals surface area contributed by atoms with E-state index in [0.717, 1.165) is 4.90 Å². The molecule has 19 heavy (non-hydrogen) atoms. The molecule has 2 rings (SSSR count). The summed E-state index contributed by atoms with van der Waals surface area (Å²) in [5.74, 6) is 0.286. The first-order valence-corrected chi connectivity index (χ1v) is 6.78. The van der Waals surface area contributed by atoms with Crippen LogP contribution in [0.1, 0.15) is 18.3 Å². The average molecular weight is 280 g/mol.